The van der Waals surface area contributed by atoms with Gasteiger partial charge in [0, 0.05) is 0 Å². The molecule has 5 nitrogen and oxygen atoms in total. The quantitative estimate of drug-likeness (QED) is 0.798. The minimum atomic E-state index is -0.413. The Bertz CT molecular complexity index is 592. The highest BCUT2D eigenvalue weighted by molar-refractivity contribution is 5.90. The zero-order valence-corrected chi connectivity index (χ0v) is 12.1. The summed E-state index contributed by atoms with van der Waals surface area (Å²) in [5, 5.41) is 12.7. The van der Waals surface area contributed by atoms with Crippen molar-refractivity contribution in [2.75, 3.05) is 13.7 Å². The van der Waals surface area contributed by atoms with Crippen molar-refractivity contribution >= 4 is 5.97 Å². The second-order valence-electron chi connectivity index (χ2n) is 4.70. The Balaban J connectivity index is 2.04. The van der Waals surface area contributed by atoms with Gasteiger partial charge in [0.25, 0.3) is 0 Å². The van der Waals surface area contributed by atoms with Crippen LogP contribution in [0, 0.1) is 6.92 Å². The lowest BCUT2D eigenvalue weighted by atomic mass is 10.1. The van der Waals surface area contributed by atoms with E-state index in [9.17, 15) is 9.90 Å². The van der Waals surface area contributed by atoms with Crippen molar-refractivity contribution in [3.63, 3.8) is 0 Å². The first-order valence-corrected chi connectivity index (χ1v) is 6.72. The highest BCUT2D eigenvalue weighted by Crippen LogP contribution is 2.17. The summed E-state index contributed by atoms with van der Waals surface area (Å²) in [5.74, 6) is 0.741. The molecule has 0 amide bonds. The molecule has 0 aliphatic carbocycles. The highest BCUT2D eigenvalue weighted by atomic mass is 16.5. The summed E-state index contributed by atoms with van der Waals surface area (Å²) >= 11 is 0. The number of aliphatic hydroxyl groups is 1. The van der Waals surface area contributed by atoms with Crippen molar-refractivity contribution in [1.82, 2.24) is 5.32 Å². The molecule has 5 heteroatoms. The molecule has 1 heterocycles. The van der Waals surface area contributed by atoms with Gasteiger partial charge < -0.3 is 19.6 Å². The topological polar surface area (TPSA) is 71.7 Å². The lowest BCUT2D eigenvalue weighted by Crippen LogP contribution is -2.23. The zero-order valence-electron chi connectivity index (χ0n) is 12.1. The van der Waals surface area contributed by atoms with Crippen LogP contribution in [0.4, 0.5) is 0 Å². The molecule has 0 saturated carbocycles. The maximum Gasteiger partial charge on any atom is 0.341 e. The molecule has 2 aromatic rings. The molecule has 1 aromatic heterocycles. The average molecular weight is 289 g/mol. The van der Waals surface area contributed by atoms with Crippen molar-refractivity contribution in [3.05, 3.63) is 59.0 Å². The van der Waals surface area contributed by atoms with Crippen molar-refractivity contribution in [2.24, 2.45) is 0 Å². The second kappa shape index (κ2) is 7.06. The maximum atomic E-state index is 11.5. The molecule has 21 heavy (non-hydrogen) atoms. The molecule has 112 valence electrons. The Hall–Kier alpha value is -2.11. The standard InChI is InChI=1S/C16H19NO4/c1-11-14(16(19)20-2)8-13(21-11)9-17-15(10-18)12-6-4-3-5-7-12/h3-8,15,17-18H,9-10H2,1-2H3. The van der Waals surface area contributed by atoms with Crippen LogP contribution in [0.3, 0.4) is 0 Å². The largest absolute Gasteiger partial charge is 0.465 e. The molecular formula is C16H19NO4. The van der Waals surface area contributed by atoms with Crippen LogP contribution in [0.25, 0.3) is 0 Å². The van der Waals surface area contributed by atoms with Crippen molar-refractivity contribution < 1.29 is 19.1 Å². The van der Waals surface area contributed by atoms with Crippen LogP contribution < -0.4 is 5.32 Å². The Kier molecular flexibility index (Phi) is 5.14. The van der Waals surface area contributed by atoms with Crippen LogP contribution in [0.5, 0.6) is 0 Å². The monoisotopic (exact) mass is 289 g/mol. The summed E-state index contributed by atoms with van der Waals surface area (Å²) in [7, 11) is 1.34. The molecule has 0 spiro atoms. The molecule has 2 rings (SSSR count). The minimum Gasteiger partial charge on any atom is -0.465 e. The molecule has 0 aliphatic rings. The van der Waals surface area contributed by atoms with Crippen molar-refractivity contribution in [1.29, 1.82) is 0 Å². The number of carbonyl (C=O) groups is 1. The first kappa shape index (κ1) is 15.3. The van der Waals surface area contributed by atoms with E-state index in [1.807, 2.05) is 30.3 Å². The van der Waals surface area contributed by atoms with Crippen molar-refractivity contribution in [3.8, 4) is 0 Å². The first-order chi connectivity index (χ1) is 10.2. The van der Waals surface area contributed by atoms with E-state index in [-0.39, 0.29) is 12.6 Å². The molecule has 0 radical (unpaired) electrons. The lowest BCUT2D eigenvalue weighted by Gasteiger charge is -2.15. The highest BCUT2D eigenvalue weighted by Gasteiger charge is 2.16. The molecule has 0 fully saturated rings. The van der Waals surface area contributed by atoms with E-state index in [2.05, 4.69) is 10.1 Å². The van der Waals surface area contributed by atoms with Gasteiger partial charge in [0.2, 0.25) is 0 Å². The van der Waals surface area contributed by atoms with Gasteiger partial charge in [-0.05, 0) is 18.6 Å². The molecule has 0 bridgehead atoms. The van der Waals surface area contributed by atoms with Crippen molar-refractivity contribution in [2.45, 2.75) is 19.5 Å². The van der Waals surface area contributed by atoms with E-state index in [0.29, 0.717) is 23.6 Å². The lowest BCUT2D eigenvalue weighted by molar-refractivity contribution is 0.0599. The third-order valence-corrected chi connectivity index (χ3v) is 3.28. The number of ether oxygens (including phenoxy) is 1. The predicted octanol–water partition coefficient (Wildman–Crippen LogP) is 2.20. The van der Waals surface area contributed by atoms with Gasteiger partial charge in [0.05, 0.1) is 26.3 Å². The maximum absolute atomic E-state index is 11.5. The summed E-state index contributed by atoms with van der Waals surface area (Å²) in [6.07, 6.45) is 0. The summed E-state index contributed by atoms with van der Waals surface area (Å²) in [6, 6.07) is 11.1. The van der Waals surface area contributed by atoms with Gasteiger partial charge in [-0.25, -0.2) is 4.79 Å². The second-order valence-corrected chi connectivity index (χ2v) is 4.70. The number of benzene rings is 1. The average Bonchev–Trinajstić information content (AvgIpc) is 2.89. The van der Waals surface area contributed by atoms with Gasteiger partial charge in [-0.2, -0.15) is 0 Å². The first-order valence-electron chi connectivity index (χ1n) is 6.72. The van der Waals surface area contributed by atoms with E-state index in [4.69, 9.17) is 4.42 Å². The van der Waals surface area contributed by atoms with Crippen LogP contribution in [-0.2, 0) is 11.3 Å². The summed E-state index contributed by atoms with van der Waals surface area (Å²) in [6.45, 7) is 2.11. The van der Waals surface area contributed by atoms with E-state index < -0.39 is 5.97 Å². The van der Waals surface area contributed by atoms with Gasteiger partial charge in [-0.3, -0.25) is 0 Å². The molecule has 2 N–H and O–H groups in total. The van der Waals surface area contributed by atoms with Crippen LogP contribution in [-0.4, -0.2) is 24.8 Å². The molecule has 1 aromatic carbocycles. The smallest absolute Gasteiger partial charge is 0.341 e. The number of nitrogens with one attached hydrogen (secondary N) is 1. The fourth-order valence-electron chi connectivity index (χ4n) is 2.14. The number of hydrogen-bond acceptors (Lipinski definition) is 5. The predicted molar refractivity (Wildman–Crippen MR) is 77.9 cm³/mol. The number of hydrogen-bond donors (Lipinski definition) is 2. The Morgan fingerprint density at radius 2 is 2.10 bits per heavy atom. The Morgan fingerprint density at radius 3 is 2.71 bits per heavy atom. The number of rotatable bonds is 6. The van der Waals surface area contributed by atoms with E-state index in [0.717, 1.165) is 5.56 Å². The number of methoxy groups -OCH3 is 1. The van der Waals surface area contributed by atoms with E-state index >= 15 is 0 Å². The van der Waals surface area contributed by atoms with Gasteiger partial charge >= 0.3 is 5.97 Å². The molecular weight excluding hydrogens is 270 g/mol. The van der Waals surface area contributed by atoms with E-state index in [1.165, 1.54) is 7.11 Å². The zero-order chi connectivity index (χ0) is 15.2. The summed E-state index contributed by atoms with van der Waals surface area (Å²) < 4.78 is 10.2. The summed E-state index contributed by atoms with van der Waals surface area (Å²) in [5.41, 5.74) is 1.42. The van der Waals surface area contributed by atoms with Crippen LogP contribution >= 0.6 is 0 Å². The van der Waals surface area contributed by atoms with Gasteiger partial charge in [0.15, 0.2) is 0 Å². The van der Waals surface area contributed by atoms with Crippen LogP contribution in [0.2, 0.25) is 0 Å². The normalized spacial score (nSPS) is 12.1. The van der Waals surface area contributed by atoms with E-state index in [1.54, 1.807) is 13.0 Å². The van der Waals surface area contributed by atoms with Crippen LogP contribution in [0.1, 0.15) is 33.5 Å². The fraction of sp³-hybridized carbons (Fsp3) is 0.312. The molecule has 0 aliphatic heterocycles. The minimum absolute atomic E-state index is 0.0203. The SMILES string of the molecule is COC(=O)c1cc(CNC(CO)c2ccccc2)oc1C. The third-order valence-electron chi connectivity index (χ3n) is 3.28. The number of esters is 1. The molecule has 1 atom stereocenters. The van der Waals surface area contributed by atoms with Gasteiger partial charge in [0.1, 0.15) is 17.1 Å². The third kappa shape index (κ3) is 3.71. The molecule has 0 saturated heterocycles. The Morgan fingerprint density at radius 1 is 1.38 bits per heavy atom. The van der Waals surface area contributed by atoms with Gasteiger partial charge in [-0.15, -0.1) is 0 Å². The number of aryl methyl sites for hydroxylation is 1. The fourth-order valence-corrected chi connectivity index (χ4v) is 2.14. The van der Waals surface area contributed by atoms with Gasteiger partial charge in [-0.1, -0.05) is 30.3 Å². The summed E-state index contributed by atoms with van der Waals surface area (Å²) in [4.78, 5) is 11.5. The van der Waals surface area contributed by atoms with Crippen LogP contribution in [0.15, 0.2) is 40.8 Å². The number of aliphatic hydroxyl groups excluding tert-OH is 1. The number of carbonyl (C=O) groups excluding carboxylic acids is 1. The Labute approximate surface area is 123 Å². The molecule has 1 unspecified atom stereocenters. The number of furan rings is 1.